The Morgan fingerprint density at radius 3 is 2.55 bits per heavy atom. The summed E-state index contributed by atoms with van der Waals surface area (Å²) in [5.74, 6) is 0.0922. The summed E-state index contributed by atoms with van der Waals surface area (Å²) in [6, 6.07) is 22.5. The zero-order chi connectivity index (χ0) is 23.2. The van der Waals surface area contributed by atoms with E-state index in [1.54, 1.807) is 24.3 Å². The molecule has 1 amide bonds. The Hall–Kier alpha value is -3.67. The predicted molar refractivity (Wildman–Crippen MR) is 126 cm³/mol. The molecule has 0 aliphatic rings. The van der Waals surface area contributed by atoms with E-state index in [-0.39, 0.29) is 22.5 Å². The third kappa shape index (κ3) is 5.58. The van der Waals surface area contributed by atoms with E-state index in [1.807, 2.05) is 41.0 Å². The van der Waals surface area contributed by atoms with Gasteiger partial charge in [-0.05, 0) is 48.0 Å². The second kappa shape index (κ2) is 10.3. The van der Waals surface area contributed by atoms with Crippen molar-refractivity contribution >= 4 is 35.0 Å². The van der Waals surface area contributed by atoms with E-state index >= 15 is 0 Å². The molecule has 0 saturated heterocycles. The van der Waals surface area contributed by atoms with Gasteiger partial charge in [0.15, 0.2) is 11.0 Å². The van der Waals surface area contributed by atoms with Crippen molar-refractivity contribution in [1.29, 1.82) is 5.26 Å². The van der Waals surface area contributed by atoms with Crippen LogP contribution in [0.3, 0.4) is 0 Å². The Morgan fingerprint density at radius 1 is 1.09 bits per heavy atom. The molecule has 6 nitrogen and oxygen atoms in total. The number of thioether (sulfide) groups is 1. The number of nitrogens with zero attached hydrogens (tertiary/aromatic N) is 4. The Labute approximate surface area is 199 Å². The number of carbonyl (C=O) groups is 1. The number of nitriles is 1. The highest BCUT2D eigenvalue weighted by Gasteiger charge is 2.16. The lowest BCUT2D eigenvalue weighted by atomic mass is 10.2. The van der Waals surface area contributed by atoms with E-state index in [0.29, 0.717) is 28.8 Å². The Morgan fingerprint density at radius 2 is 1.85 bits per heavy atom. The van der Waals surface area contributed by atoms with E-state index in [9.17, 15) is 9.18 Å². The van der Waals surface area contributed by atoms with Crippen molar-refractivity contribution in [2.45, 2.75) is 11.7 Å². The van der Waals surface area contributed by atoms with Gasteiger partial charge in [0.25, 0.3) is 0 Å². The summed E-state index contributed by atoms with van der Waals surface area (Å²) in [5, 5.41) is 21.1. The molecule has 1 N–H and O–H groups in total. The first-order chi connectivity index (χ1) is 16.0. The Bertz CT molecular complexity index is 1320. The number of halogens is 2. The van der Waals surface area contributed by atoms with Gasteiger partial charge >= 0.3 is 0 Å². The number of hydrogen-bond donors (Lipinski definition) is 1. The van der Waals surface area contributed by atoms with Gasteiger partial charge in [-0.2, -0.15) is 5.26 Å². The van der Waals surface area contributed by atoms with Crippen molar-refractivity contribution in [2.24, 2.45) is 0 Å². The second-order valence-corrected chi connectivity index (χ2v) is 8.38. The van der Waals surface area contributed by atoms with Crippen molar-refractivity contribution in [2.75, 3.05) is 11.1 Å². The molecule has 4 aromatic rings. The Balaban J connectivity index is 1.53. The van der Waals surface area contributed by atoms with Crippen LogP contribution in [0.1, 0.15) is 11.1 Å². The maximum Gasteiger partial charge on any atom is 0.234 e. The van der Waals surface area contributed by atoms with Crippen LogP contribution in [-0.4, -0.2) is 26.4 Å². The summed E-state index contributed by atoms with van der Waals surface area (Å²) in [5.41, 5.74) is 2.61. The molecule has 1 heterocycles. The summed E-state index contributed by atoms with van der Waals surface area (Å²) in [7, 11) is 0. The maximum atomic E-state index is 13.4. The van der Waals surface area contributed by atoms with E-state index < -0.39 is 0 Å². The van der Waals surface area contributed by atoms with Crippen molar-refractivity contribution in [3.05, 3.63) is 94.8 Å². The average molecular weight is 478 g/mol. The first-order valence-corrected chi connectivity index (χ1v) is 11.2. The first-order valence-electron chi connectivity index (χ1n) is 9.89. The SMILES string of the molecule is N#Cc1ccc(NC(=O)CSc2nnc(-c3ccc(F)cc3)n2Cc2ccccc2)cc1Cl. The third-order valence-corrected chi connectivity index (χ3v) is 5.99. The van der Waals surface area contributed by atoms with Gasteiger partial charge < -0.3 is 5.32 Å². The summed E-state index contributed by atoms with van der Waals surface area (Å²) < 4.78 is 15.3. The van der Waals surface area contributed by atoms with Gasteiger partial charge in [-0.25, -0.2) is 4.39 Å². The predicted octanol–water partition coefficient (Wildman–Crippen LogP) is 5.39. The quantitative estimate of drug-likeness (QED) is 0.361. The lowest BCUT2D eigenvalue weighted by molar-refractivity contribution is -0.113. The molecule has 3 aromatic carbocycles. The fourth-order valence-corrected chi connectivity index (χ4v) is 4.09. The highest BCUT2D eigenvalue weighted by molar-refractivity contribution is 7.99. The van der Waals surface area contributed by atoms with Crippen LogP contribution in [0.15, 0.2) is 78.0 Å². The maximum absolute atomic E-state index is 13.4. The molecule has 0 fully saturated rings. The molecule has 1 aromatic heterocycles. The van der Waals surface area contributed by atoms with Gasteiger partial charge in [0, 0.05) is 11.3 Å². The van der Waals surface area contributed by atoms with Crippen LogP contribution in [0.2, 0.25) is 5.02 Å². The normalized spacial score (nSPS) is 10.6. The molecule has 0 saturated carbocycles. The molecule has 33 heavy (non-hydrogen) atoms. The van der Waals surface area contributed by atoms with Crippen molar-refractivity contribution in [3.63, 3.8) is 0 Å². The van der Waals surface area contributed by atoms with Crippen LogP contribution in [0.25, 0.3) is 11.4 Å². The van der Waals surface area contributed by atoms with Gasteiger partial charge in [-0.3, -0.25) is 9.36 Å². The summed E-state index contributed by atoms with van der Waals surface area (Å²) in [6.07, 6.45) is 0. The van der Waals surface area contributed by atoms with Gasteiger partial charge in [0.05, 0.1) is 22.9 Å². The Kier molecular flexibility index (Phi) is 7.03. The zero-order valence-electron chi connectivity index (χ0n) is 17.2. The molecular weight excluding hydrogens is 461 g/mol. The highest BCUT2D eigenvalue weighted by atomic mass is 35.5. The number of hydrogen-bond acceptors (Lipinski definition) is 5. The topological polar surface area (TPSA) is 83.6 Å². The van der Waals surface area contributed by atoms with Gasteiger partial charge in [0.1, 0.15) is 11.9 Å². The lowest BCUT2D eigenvalue weighted by Crippen LogP contribution is -2.15. The molecule has 0 unspecified atom stereocenters. The van der Waals surface area contributed by atoms with Crippen molar-refractivity contribution in [1.82, 2.24) is 14.8 Å². The van der Waals surface area contributed by atoms with Crippen LogP contribution >= 0.6 is 23.4 Å². The van der Waals surface area contributed by atoms with E-state index in [1.165, 1.54) is 30.0 Å². The van der Waals surface area contributed by atoms with E-state index in [4.69, 9.17) is 16.9 Å². The number of amides is 1. The second-order valence-electron chi connectivity index (χ2n) is 7.03. The lowest BCUT2D eigenvalue weighted by Gasteiger charge is -2.11. The zero-order valence-corrected chi connectivity index (χ0v) is 18.8. The molecule has 0 aliphatic heterocycles. The number of carbonyl (C=O) groups excluding carboxylic acids is 1. The molecule has 0 bridgehead atoms. The fraction of sp³-hybridized carbons (Fsp3) is 0.0833. The van der Waals surface area contributed by atoms with E-state index in [0.717, 1.165) is 11.1 Å². The fourth-order valence-electron chi connectivity index (χ4n) is 3.13. The summed E-state index contributed by atoms with van der Waals surface area (Å²) in [4.78, 5) is 12.5. The standard InChI is InChI=1S/C24H17ClFN5OS/c25-21-12-20(11-8-18(21)13-27)28-22(32)15-33-24-30-29-23(17-6-9-19(26)10-7-17)31(24)14-16-4-2-1-3-5-16/h1-12H,14-15H2,(H,28,32). The van der Waals surface area contributed by atoms with Crippen LogP contribution in [0.4, 0.5) is 10.1 Å². The van der Waals surface area contributed by atoms with Crippen LogP contribution in [-0.2, 0) is 11.3 Å². The molecule has 0 atom stereocenters. The van der Waals surface area contributed by atoms with Gasteiger partial charge in [0.2, 0.25) is 5.91 Å². The monoisotopic (exact) mass is 477 g/mol. The molecular formula is C24H17ClFN5OS. The minimum Gasteiger partial charge on any atom is -0.325 e. The number of nitrogens with one attached hydrogen (secondary N) is 1. The van der Waals surface area contributed by atoms with E-state index in [2.05, 4.69) is 15.5 Å². The molecule has 0 radical (unpaired) electrons. The largest absolute Gasteiger partial charge is 0.325 e. The van der Waals surface area contributed by atoms with Gasteiger partial charge in [-0.1, -0.05) is 53.7 Å². The average Bonchev–Trinajstić information content (AvgIpc) is 3.21. The van der Waals surface area contributed by atoms with Crippen molar-refractivity contribution < 1.29 is 9.18 Å². The van der Waals surface area contributed by atoms with Crippen molar-refractivity contribution in [3.8, 4) is 17.5 Å². The molecule has 4 rings (SSSR count). The molecule has 0 spiro atoms. The van der Waals surface area contributed by atoms with Crippen LogP contribution in [0, 0.1) is 17.1 Å². The first kappa shape index (κ1) is 22.5. The number of anilines is 1. The smallest absolute Gasteiger partial charge is 0.234 e. The van der Waals surface area contributed by atoms with Crippen LogP contribution in [0.5, 0.6) is 0 Å². The molecule has 9 heteroatoms. The highest BCUT2D eigenvalue weighted by Crippen LogP contribution is 2.26. The molecule has 0 aliphatic carbocycles. The number of aromatic nitrogens is 3. The van der Waals surface area contributed by atoms with Crippen LogP contribution < -0.4 is 5.32 Å². The number of rotatable bonds is 7. The molecule has 164 valence electrons. The van der Waals surface area contributed by atoms with Gasteiger partial charge in [-0.15, -0.1) is 10.2 Å². The number of benzene rings is 3. The minimum absolute atomic E-state index is 0.0912. The minimum atomic E-state index is -0.331. The third-order valence-electron chi connectivity index (χ3n) is 4.71. The summed E-state index contributed by atoms with van der Waals surface area (Å²) >= 11 is 7.27. The summed E-state index contributed by atoms with van der Waals surface area (Å²) in [6.45, 7) is 0.496.